The first-order valence-electron chi connectivity index (χ1n) is 10.7. The van der Waals surface area contributed by atoms with Gasteiger partial charge in [0.1, 0.15) is 11.0 Å². The molecule has 0 spiro atoms. The molecule has 0 fully saturated rings. The maximum Gasteiger partial charge on any atom is 0.283 e. The predicted molar refractivity (Wildman–Crippen MR) is 142 cm³/mol. The molecule has 0 saturated carbocycles. The Morgan fingerprint density at radius 3 is 2.62 bits per heavy atom. The number of amides is 1. The van der Waals surface area contributed by atoms with E-state index in [4.69, 9.17) is 4.98 Å². The van der Waals surface area contributed by atoms with E-state index < -0.39 is 0 Å². The summed E-state index contributed by atoms with van der Waals surface area (Å²) in [4.78, 5) is 34.5. The van der Waals surface area contributed by atoms with E-state index >= 15 is 0 Å². The minimum Gasteiger partial charge on any atom is -0.349 e. The largest absolute Gasteiger partial charge is 0.349 e. The third kappa shape index (κ3) is 4.15. The normalized spacial score (nSPS) is 11.3. The Bertz CT molecular complexity index is 1610. The maximum absolute atomic E-state index is 13.7. The van der Waals surface area contributed by atoms with Gasteiger partial charge < -0.3 is 10.3 Å². The molecule has 5 aromatic rings. The van der Waals surface area contributed by atoms with Gasteiger partial charge in [-0.1, -0.05) is 58.0 Å². The molecular formula is C26H21BrN4O2S. The number of aromatic amines is 1. The van der Waals surface area contributed by atoms with Gasteiger partial charge in [-0.25, -0.2) is 4.98 Å². The van der Waals surface area contributed by atoms with Crippen LogP contribution in [0.1, 0.15) is 11.1 Å². The van der Waals surface area contributed by atoms with E-state index in [0.717, 1.165) is 32.2 Å². The first-order chi connectivity index (χ1) is 16.4. The molecule has 0 atom stereocenters. The predicted octanol–water partition coefficient (Wildman–Crippen LogP) is 5.98. The lowest BCUT2D eigenvalue weighted by Crippen LogP contribution is -2.23. The molecule has 0 aliphatic carbocycles. The van der Waals surface area contributed by atoms with Crippen LogP contribution < -0.4 is 10.9 Å². The lowest BCUT2D eigenvalue weighted by atomic mass is 10.1. The first-order valence-corrected chi connectivity index (χ1v) is 12.5. The number of nitrogens with one attached hydrogen (secondary N) is 2. The molecule has 34 heavy (non-hydrogen) atoms. The van der Waals surface area contributed by atoms with Crippen molar-refractivity contribution in [1.29, 1.82) is 0 Å². The number of para-hydroxylation sites is 1. The molecule has 5 rings (SSSR count). The molecule has 6 nitrogen and oxygen atoms in total. The second-order valence-corrected chi connectivity index (χ2v) is 9.85. The quantitative estimate of drug-likeness (QED) is 0.215. The van der Waals surface area contributed by atoms with E-state index in [1.54, 1.807) is 4.57 Å². The highest BCUT2D eigenvalue weighted by molar-refractivity contribution is 9.10. The SMILES string of the molecule is Cc1cccc(-n2c(SCC(=O)Nc3ccc(Br)cc3)nc3c([nH]c4ccccc43)c2=O)c1C. The number of carbonyl (C=O) groups is 1. The number of halogens is 1. The van der Waals surface area contributed by atoms with Crippen LogP contribution in [-0.2, 0) is 4.79 Å². The minimum atomic E-state index is -0.189. The van der Waals surface area contributed by atoms with Crippen LogP contribution in [0.15, 0.2) is 81.2 Å². The molecule has 0 radical (unpaired) electrons. The average Bonchev–Trinajstić information content (AvgIpc) is 3.21. The van der Waals surface area contributed by atoms with Gasteiger partial charge in [0, 0.05) is 21.1 Å². The number of carbonyl (C=O) groups excluding carboxylic acids is 1. The van der Waals surface area contributed by atoms with Gasteiger partial charge in [0.25, 0.3) is 5.56 Å². The number of aromatic nitrogens is 3. The van der Waals surface area contributed by atoms with Gasteiger partial charge in [0.05, 0.1) is 11.4 Å². The molecule has 0 unspecified atom stereocenters. The molecule has 0 saturated heterocycles. The van der Waals surface area contributed by atoms with Crippen LogP contribution in [0.25, 0.3) is 27.6 Å². The van der Waals surface area contributed by atoms with Crippen molar-refractivity contribution >= 4 is 61.2 Å². The van der Waals surface area contributed by atoms with Gasteiger partial charge in [-0.3, -0.25) is 14.2 Å². The molecule has 0 aliphatic rings. The highest BCUT2D eigenvalue weighted by atomic mass is 79.9. The second-order valence-electron chi connectivity index (χ2n) is 7.99. The summed E-state index contributed by atoms with van der Waals surface area (Å²) in [6.45, 7) is 4.00. The summed E-state index contributed by atoms with van der Waals surface area (Å²) in [7, 11) is 0. The highest BCUT2D eigenvalue weighted by Gasteiger charge is 2.19. The van der Waals surface area contributed by atoms with Crippen molar-refractivity contribution in [3.8, 4) is 5.69 Å². The van der Waals surface area contributed by atoms with E-state index in [0.29, 0.717) is 21.9 Å². The molecule has 1 amide bonds. The third-order valence-corrected chi connectivity index (χ3v) is 7.24. The molecule has 2 heterocycles. The Balaban J connectivity index is 1.59. The van der Waals surface area contributed by atoms with Crippen molar-refractivity contribution in [2.24, 2.45) is 0 Å². The van der Waals surface area contributed by atoms with E-state index in [2.05, 4.69) is 26.2 Å². The zero-order valence-electron chi connectivity index (χ0n) is 18.6. The van der Waals surface area contributed by atoms with Crippen LogP contribution in [0, 0.1) is 13.8 Å². The van der Waals surface area contributed by atoms with Crippen LogP contribution in [0.4, 0.5) is 5.69 Å². The van der Waals surface area contributed by atoms with Gasteiger partial charge in [0.15, 0.2) is 5.16 Å². The number of H-pyrrole nitrogens is 1. The minimum absolute atomic E-state index is 0.112. The summed E-state index contributed by atoms with van der Waals surface area (Å²) in [5.41, 5.74) is 5.25. The van der Waals surface area contributed by atoms with E-state index in [1.165, 1.54) is 11.8 Å². The molecule has 2 aromatic heterocycles. The summed E-state index contributed by atoms with van der Waals surface area (Å²) < 4.78 is 2.55. The molecular weight excluding hydrogens is 512 g/mol. The van der Waals surface area contributed by atoms with Crippen molar-refractivity contribution in [3.05, 3.63) is 92.7 Å². The van der Waals surface area contributed by atoms with Crippen LogP contribution in [0.3, 0.4) is 0 Å². The summed E-state index contributed by atoms with van der Waals surface area (Å²) in [6, 6.07) is 21.0. The van der Waals surface area contributed by atoms with Crippen molar-refractivity contribution in [3.63, 3.8) is 0 Å². The molecule has 170 valence electrons. The summed E-state index contributed by atoms with van der Waals surface area (Å²) in [6.07, 6.45) is 0. The first kappa shape index (κ1) is 22.4. The Morgan fingerprint density at radius 2 is 1.82 bits per heavy atom. The smallest absolute Gasteiger partial charge is 0.283 e. The molecule has 2 N–H and O–H groups in total. The Morgan fingerprint density at radius 1 is 1.06 bits per heavy atom. The third-order valence-electron chi connectivity index (χ3n) is 5.77. The molecule has 8 heteroatoms. The topological polar surface area (TPSA) is 79.8 Å². The number of benzene rings is 3. The Hall–Kier alpha value is -3.36. The molecule has 0 bridgehead atoms. The molecule has 0 aliphatic heterocycles. The number of fused-ring (bicyclic) bond motifs is 3. The number of hydrogen-bond acceptors (Lipinski definition) is 4. The zero-order valence-corrected chi connectivity index (χ0v) is 21.0. The van der Waals surface area contributed by atoms with Gasteiger partial charge in [-0.15, -0.1) is 0 Å². The molecule has 3 aromatic carbocycles. The number of hydrogen-bond donors (Lipinski definition) is 2. The van der Waals surface area contributed by atoms with Gasteiger partial charge >= 0.3 is 0 Å². The summed E-state index contributed by atoms with van der Waals surface area (Å²) >= 11 is 4.64. The van der Waals surface area contributed by atoms with E-state index in [-0.39, 0.29) is 17.2 Å². The standard InChI is InChI=1S/C26H21BrN4O2S/c1-15-6-5-9-21(16(15)2)31-25(33)24-23(19-7-3-4-8-20(19)29-24)30-26(31)34-14-22(32)28-18-12-10-17(27)11-13-18/h3-13,29H,14H2,1-2H3,(H,28,32). The van der Waals surface area contributed by atoms with E-state index in [1.807, 2.05) is 80.6 Å². The maximum atomic E-state index is 13.7. The van der Waals surface area contributed by atoms with Crippen molar-refractivity contribution < 1.29 is 4.79 Å². The van der Waals surface area contributed by atoms with Crippen molar-refractivity contribution in [2.45, 2.75) is 19.0 Å². The lowest BCUT2D eigenvalue weighted by Gasteiger charge is -2.15. The summed E-state index contributed by atoms with van der Waals surface area (Å²) in [5, 5.41) is 4.25. The van der Waals surface area contributed by atoms with Gasteiger partial charge in [-0.2, -0.15) is 0 Å². The second kappa shape index (κ2) is 9.12. The Labute approximate surface area is 208 Å². The van der Waals surface area contributed by atoms with Crippen LogP contribution in [0.5, 0.6) is 0 Å². The zero-order chi connectivity index (χ0) is 23.8. The van der Waals surface area contributed by atoms with Crippen LogP contribution >= 0.6 is 27.7 Å². The number of thioether (sulfide) groups is 1. The monoisotopic (exact) mass is 532 g/mol. The number of rotatable bonds is 5. The lowest BCUT2D eigenvalue weighted by molar-refractivity contribution is -0.113. The fourth-order valence-electron chi connectivity index (χ4n) is 3.89. The van der Waals surface area contributed by atoms with Gasteiger partial charge in [0.2, 0.25) is 5.91 Å². The van der Waals surface area contributed by atoms with Crippen LogP contribution in [-0.4, -0.2) is 26.2 Å². The summed E-state index contributed by atoms with van der Waals surface area (Å²) in [5.74, 6) is -0.0607. The Kier molecular flexibility index (Phi) is 6.02. The van der Waals surface area contributed by atoms with Crippen molar-refractivity contribution in [2.75, 3.05) is 11.1 Å². The van der Waals surface area contributed by atoms with Gasteiger partial charge in [-0.05, 0) is 61.4 Å². The number of nitrogens with zero attached hydrogens (tertiary/aromatic N) is 2. The fourth-order valence-corrected chi connectivity index (χ4v) is 4.95. The fraction of sp³-hybridized carbons (Fsp3) is 0.115. The van der Waals surface area contributed by atoms with E-state index in [9.17, 15) is 9.59 Å². The van der Waals surface area contributed by atoms with Crippen molar-refractivity contribution in [1.82, 2.24) is 14.5 Å². The number of anilines is 1. The van der Waals surface area contributed by atoms with Crippen LogP contribution in [0.2, 0.25) is 0 Å². The highest BCUT2D eigenvalue weighted by Crippen LogP contribution is 2.28. The number of aryl methyl sites for hydroxylation is 1. The average molecular weight is 533 g/mol.